The Morgan fingerprint density at radius 2 is 1.84 bits per heavy atom. The highest BCUT2D eigenvalue weighted by atomic mass is 19.4. The maximum Gasteiger partial charge on any atom is 0.574 e. The van der Waals surface area contributed by atoms with Gasteiger partial charge in [-0.25, -0.2) is 18.6 Å². The van der Waals surface area contributed by atoms with Gasteiger partial charge in [-0.1, -0.05) is 0 Å². The SMILES string of the molecule is O=c1nc(OCc2cc(F)c(Oc3ccnc(OC(F)(F)F)c3)c(F)c2)cc2n1CCC13CC(CN21)C3. The van der Waals surface area contributed by atoms with Gasteiger partial charge < -0.3 is 19.1 Å². The van der Waals surface area contributed by atoms with Gasteiger partial charge in [-0.2, -0.15) is 4.98 Å². The number of alkyl halides is 3. The minimum atomic E-state index is -4.99. The maximum atomic E-state index is 14.7. The normalized spacial score (nSPS) is 21.6. The summed E-state index contributed by atoms with van der Waals surface area (Å²) in [4.78, 5) is 22.1. The molecule has 13 heteroatoms. The predicted molar refractivity (Wildman–Crippen MR) is 118 cm³/mol. The molecule has 0 N–H and O–H groups in total. The van der Waals surface area contributed by atoms with E-state index in [9.17, 15) is 26.7 Å². The van der Waals surface area contributed by atoms with Crippen molar-refractivity contribution in [2.75, 3.05) is 11.4 Å². The van der Waals surface area contributed by atoms with E-state index in [2.05, 4.69) is 19.6 Å². The molecule has 1 spiro atoms. The molecule has 3 aromatic rings. The van der Waals surface area contributed by atoms with Gasteiger partial charge in [0.1, 0.15) is 18.2 Å². The number of halogens is 5. The lowest BCUT2D eigenvalue weighted by molar-refractivity contribution is -0.276. The number of ether oxygens (including phenoxy) is 3. The largest absolute Gasteiger partial charge is 0.574 e. The standard InChI is InChI=1S/C24H19F5N4O4/c25-16-5-13(6-17(26)21(16)36-15-1-3-30-18(7-15)37-24(27,28)29)12-35-19-8-20-32(22(34)31-19)4-2-23-9-14(10-23)11-33(20)23/h1,3,5-8,14H,2,4,9-12H2. The molecular weight excluding hydrogens is 503 g/mol. The monoisotopic (exact) mass is 522 g/mol. The van der Waals surface area contributed by atoms with Crippen LogP contribution in [0.3, 0.4) is 0 Å². The number of fused-ring (bicyclic) bond motifs is 1. The second-order valence-corrected chi connectivity index (χ2v) is 9.40. The van der Waals surface area contributed by atoms with Gasteiger partial charge in [-0.05, 0) is 48.9 Å². The Kier molecular flexibility index (Phi) is 5.28. The molecule has 0 amide bonds. The van der Waals surface area contributed by atoms with E-state index in [4.69, 9.17) is 9.47 Å². The van der Waals surface area contributed by atoms with Crippen molar-refractivity contribution in [3.63, 3.8) is 0 Å². The quantitative estimate of drug-likeness (QED) is 0.440. The van der Waals surface area contributed by atoms with Crippen molar-refractivity contribution in [2.45, 2.75) is 44.3 Å². The van der Waals surface area contributed by atoms with Crippen molar-refractivity contribution in [1.82, 2.24) is 14.5 Å². The summed E-state index contributed by atoms with van der Waals surface area (Å²) in [5.74, 6) is -2.77. The number of rotatable bonds is 6. The van der Waals surface area contributed by atoms with E-state index in [1.54, 1.807) is 10.6 Å². The highest BCUT2D eigenvalue weighted by Crippen LogP contribution is 2.56. The molecule has 8 nitrogen and oxygen atoms in total. The van der Waals surface area contributed by atoms with Gasteiger partial charge in [0, 0.05) is 37.0 Å². The summed E-state index contributed by atoms with van der Waals surface area (Å²) in [7, 11) is 0. The number of anilines is 1. The third-order valence-corrected chi connectivity index (χ3v) is 6.99. The highest BCUT2D eigenvalue weighted by Gasteiger charge is 2.57. The number of pyridine rings is 1. The van der Waals surface area contributed by atoms with Gasteiger partial charge in [0.15, 0.2) is 17.4 Å². The van der Waals surface area contributed by atoms with Crippen molar-refractivity contribution >= 4 is 5.82 Å². The number of hydrogen-bond donors (Lipinski definition) is 0. The molecule has 7 rings (SSSR count). The topological polar surface area (TPSA) is 78.7 Å². The van der Waals surface area contributed by atoms with E-state index in [0.29, 0.717) is 12.5 Å². The summed E-state index contributed by atoms with van der Waals surface area (Å²) >= 11 is 0. The molecule has 4 aliphatic rings. The van der Waals surface area contributed by atoms with Crippen molar-refractivity contribution in [3.05, 3.63) is 64.2 Å². The summed E-state index contributed by atoms with van der Waals surface area (Å²) in [5, 5.41) is 0. The predicted octanol–water partition coefficient (Wildman–Crippen LogP) is 4.56. The summed E-state index contributed by atoms with van der Waals surface area (Å²) < 4.78 is 82.5. The molecule has 1 aliphatic carbocycles. The fourth-order valence-corrected chi connectivity index (χ4v) is 5.49. The molecular formula is C24H19F5N4O4. The first-order valence-electron chi connectivity index (χ1n) is 11.5. The Balaban J connectivity index is 1.17. The third-order valence-electron chi connectivity index (χ3n) is 6.99. The molecule has 0 radical (unpaired) electrons. The summed E-state index contributed by atoms with van der Waals surface area (Å²) in [5.41, 5.74) is -0.247. The average molecular weight is 522 g/mol. The van der Waals surface area contributed by atoms with Crippen LogP contribution in [0.4, 0.5) is 27.8 Å². The van der Waals surface area contributed by atoms with Gasteiger partial charge >= 0.3 is 12.1 Å². The van der Waals surface area contributed by atoms with Crippen LogP contribution in [-0.2, 0) is 13.2 Å². The lowest BCUT2D eigenvalue weighted by Gasteiger charge is -2.46. The Morgan fingerprint density at radius 3 is 2.57 bits per heavy atom. The van der Waals surface area contributed by atoms with Crippen molar-refractivity contribution in [2.24, 2.45) is 5.92 Å². The first kappa shape index (κ1) is 23.5. The molecule has 1 saturated carbocycles. The van der Waals surface area contributed by atoms with Crippen LogP contribution in [0.5, 0.6) is 23.3 Å². The Labute approximate surface area is 206 Å². The Bertz CT molecular complexity index is 1410. The zero-order valence-corrected chi connectivity index (χ0v) is 19.1. The fraction of sp³-hybridized carbons (Fsp3) is 0.375. The molecule has 5 heterocycles. The van der Waals surface area contributed by atoms with Gasteiger partial charge in [0.05, 0.1) is 0 Å². The van der Waals surface area contributed by atoms with Gasteiger partial charge in [0.2, 0.25) is 11.8 Å². The van der Waals surface area contributed by atoms with E-state index < -0.39 is 35.3 Å². The molecule has 2 bridgehead atoms. The van der Waals surface area contributed by atoms with E-state index in [0.717, 1.165) is 62.1 Å². The number of aromatic nitrogens is 3. The molecule has 1 aromatic carbocycles. The molecule has 2 saturated heterocycles. The van der Waals surface area contributed by atoms with E-state index in [1.165, 1.54) is 0 Å². The zero-order valence-electron chi connectivity index (χ0n) is 19.1. The van der Waals surface area contributed by atoms with Crippen molar-refractivity contribution in [1.29, 1.82) is 0 Å². The average Bonchev–Trinajstić information content (AvgIpc) is 3.36. The smallest absolute Gasteiger partial charge is 0.473 e. The summed E-state index contributed by atoms with van der Waals surface area (Å²) in [6.45, 7) is 1.18. The van der Waals surface area contributed by atoms with Crippen LogP contribution < -0.4 is 24.8 Å². The Hall–Kier alpha value is -3.90. The fourth-order valence-electron chi connectivity index (χ4n) is 5.49. The lowest BCUT2D eigenvalue weighted by atomic mass is 9.71. The second kappa shape index (κ2) is 8.32. The molecule has 0 atom stereocenters. The van der Waals surface area contributed by atoms with E-state index in [1.807, 2.05) is 0 Å². The first-order valence-corrected chi connectivity index (χ1v) is 11.5. The van der Waals surface area contributed by atoms with Crippen LogP contribution >= 0.6 is 0 Å². The van der Waals surface area contributed by atoms with E-state index in [-0.39, 0.29) is 29.3 Å². The molecule has 2 aromatic heterocycles. The van der Waals surface area contributed by atoms with Crippen LogP contribution in [0.15, 0.2) is 41.3 Å². The van der Waals surface area contributed by atoms with Crippen molar-refractivity contribution in [3.8, 4) is 23.3 Å². The lowest BCUT2D eigenvalue weighted by Crippen LogP contribution is -2.52. The minimum absolute atomic E-state index is 0.0486. The van der Waals surface area contributed by atoms with Crippen LogP contribution in [0.2, 0.25) is 0 Å². The van der Waals surface area contributed by atoms with Crippen LogP contribution in [-0.4, -0.2) is 33.0 Å². The first-order chi connectivity index (χ1) is 17.6. The third kappa shape index (κ3) is 4.31. The van der Waals surface area contributed by atoms with E-state index >= 15 is 0 Å². The number of benzene rings is 1. The minimum Gasteiger partial charge on any atom is -0.473 e. The highest BCUT2D eigenvalue weighted by molar-refractivity contribution is 5.52. The summed E-state index contributed by atoms with van der Waals surface area (Å²) in [6.07, 6.45) is -0.915. The number of nitrogens with zero attached hydrogens (tertiary/aromatic N) is 4. The summed E-state index contributed by atoms with van der Waals surface area (Å²) in [6, 6.07) is 5.47. The van der Waals surface area contributed by atoms with Crippen LogP contribution in [0.25, 0.3) is 0 Å². The maximum absolute atomic E-state index is 14.7. The van der Waals surface area contributed by atoms with Crippen LogP contribution in [0, 0.1) is 17.6 Å². The van der Waals surface area contributed by atoms with Gasteiger partial charge in [-0.3, -0.25) is 4.57 Å². The van der Waals surface area contributed by atoms with Gasteiger partial charge in [0.25, 0.3) is 0 Å². The number of hydrogen-bond acceptors (Lipinski definition) is 7. The molecule has 194 valence electrons. The second-order valence-electron chi connectivity index (χ2n) is 9.40. The van der Waals surface area contributed by atoms with Gasteiger partial charge in [-0.15, -0.1) is 13.2 Å². The molecule has 3 fully saturated rings. The molecule has 3 aliphatic heterocycles. The van der Waals surface area contributed by atoms with Crippen molar-refractivity contribution < 1.29 is 36.2 Å². The zero-order chi connectivity index (χ0) is 25.9. The molecule has 37 heavy (non-hydrogen) atoms. The van der Waals surface area contributed by atoms with Crippen LogP contribution in [0.1, 0.15) is 24.8 Å². The molecule has 0 unspecified atom stereocenters. The Morgan fingerprint density at radius 1 is 1.08 bits per heavy atom.